The lowest BCUT2D eigenvalue weighted by Gasteiger charge is -2.22. The van der Waals surface area contributed by atoms with Gasteiger partial charge in [0, 0.05) is 12.7 Å². The Balaban J connectivity index is 1.64. The first-order valence-electron chi connectivity index (χ1n) is 9.95. The van der Waals surface area contributed by atoms with E-state index in [1.807, 2.05) is 50.2 Å². The number of thiazole rings is 1. The Labute approximate surface area is 190 Å². The second-order valence-electron chi connectivity index (χ2n) is 7.39. The highest BCUT2D eigenvalue weighted by atomic mass is 32.2. The number of aromatic nitrogens is 2. The summed E-state index contributed by atoms with van der Waals surface area (Å²) in [5.41, 5.74) is 2.48. The van der Waals surface area contributed by atoms with Gasteiger partial charge in [0.25, 0.3) is 0 Å². The summed E-state index contributed by atoms with van der Waals surface area (Å²) in [6.45, 7) is 3.50. The molecular formula is C23H22N4O3S2. The number of hydrogen-bond acceptors (Lipinski definition) is 6. The number of aryl methyl sites for hydroxylation is 2. The van der Waals surface area contributed by atoms with Crippen molar-refractivity contribution in [2.75, 3.05) is 11.9 Å². The maximum atomic E-state index is 13.5. The smallest absolute Gasteiger partial charge is 0.243 e. The van der Waals surface area contributed by atoms with Gasteiger partial charge in [-0.2, -0.15) is 4.31 Å². The summed E-state index contributed by atoms with van der Waals surface area (Å²) in [6, 6.07) is 17.6. The van der Waals surface area contributed by atoms with Crippen molar-refractivity contribution in [3.63, 3.8) is 0 Å². The molecule has 164 valence electrons. The molecule has 4 aromatic rings. The Hall–Kier alpha value is -3.14. The molecule has 1 N–H and O–H groups in total. The van der Waals surface area contributed by atoms with Crippen LogP contribution in [-0.4, -0.2) is 35.1 Å². The van der Waals surface area contributed by atoms with E-state index >= 15 is 0 Å². The van der Waals surface area contributed by atoms with Crippen LogP contribution < -0.4 is 5.32 Å². The van der Waals surface area contributed by atoms with Crippen LogP contribution in [0.2, 0.25) is 0 Å². The Morgan fingerprint density at radius 2 is 1.84 bits per heavy atom. The zero-order chi connectivity index (χ0) is 22.7. The fourth-order valence-electron chi connectivity index (χ4n) is 3.29. The summed E-state index contributed by atoms with van der Waals surface area (Å²) in [6.07, 6.45) is 1.59. The van der Waals surface area contributed by atoms with Gasteiger partial charge in [0.1, 0.15) is 5.82 Å². The fraction of sp³-hybridized carbons (Fsp3) is 0.174. The third-order valence-electron chi connectivity index (χ3n) is 4.81. The second kappa shape index (κ2) is 9.15. The maximum absolute atomic E-state index is 13.5. The molecule has 32 heavy (non-hydrogen) atoms. The van der Waals surface area contributed by atoms with Crippen LogP contribution >= 0.6 is 11.3 Å². The van der Waals surface area contributed by atoms with Gasteiger partial charge >= 0.3 is 0 Å². The predicted octanol–water partition coefficient (Wildman–Crippen LogP) is 4.14. The van der Waals surface area contributed by atoms with E-state index in [1.165, 1.54) is 21.7 Å². The Morgan fingerprint density at radius 3 is 2.59 bits per heavy atom. The van der Waals surface area contributed by atoms with E-state index in [0.717, 1.165) is 26.4 Å². The average molecular weight is 467 g/mol. The van der Waals surface area contributed by atoms with E-state index < -0.39 is 15.9 Å². The zero-order valence-corrected chi connectivity index (χ0v) is 19.3. The molecule has 0 bridgehead atoms. The summed E-state index contributed by atoms with van der Waals surface area (Å²) in [5, 5.41) is 3.55. The first-order chi connectivity index (χ1) is 15.3. The molecule has 9 heteroatoms. The Morgan fingerprint density at radius 1 is 1.06 bits per heavy atom. The van der Waals surface area contributed by atoms with Crippen LogP contribution in [0.5, 0.6) is 0 Å². The largest absolute Gasteiger partial charge is 0.310 e. The van der Waals surface area contributed by atoms with E-state index in [-0.39, 0.29) is 18.0 Å². The van der Waals surface area contributed by atoms with Crippen LogP contribution in [0, 0.1) is 13.8 Å². The first-order valence-corrected chi connectivity index (χ1v) is 12.2. The van der Waals surface area contributed by atoms with Crippen molar-refractivity contribution in [2.24, 2.45) is 0 Å². The molecular weight excluding hydrogens is 444 g/mol. The van der Waals surface area contributed by atoms with Crippen molar-refractivity contribution in [3.8, 4) is 0 Å². The third kappa shape index (κ3) is 5.01. The number of anilines is 1. The van der Waals surface area contributed by atoms with E-state index in [9.17, 15) is 13.2 Å². The first kappa shape index (κ1) is 22.1. The molecule has 0 aliphatic heterocycles. The van der Waals surface area contributed by atoms with Gasteiger partial charge in [-0.15, -0.1) is 11.3 Å². The van der Waals surface area contributed by atoms with Gasteiger partial charge in [-0.3, -0.25) is 4.79 Å². The zero-order valence-electron chi connectivity index (χ0n) is 17.6. The summed E-state index contributed by atoms with van der Waals surface area (Å²) in [7, 11) is -3.95. The number of fused-ring (bicyclic) bond motifs is 1. The van der Waals surface area contributed by atoms with Crippen molar-refractivity contribution in [3.05, 3.63) is 83.0 Å². The lowest BCUT2D eigenvalue weighted by Crippen LogP contribution is -2.37. The molecule has 4 rings (SSSR count). The van der Waals surface area contributed by atoms with E-state index in [2.05, 4.69) is 15.3 Å². The van der Waals surface area contributed by atoms with E-state index in [4.69, 9.17) is 0 Å². The number of carbonyl (C=O) groups excluding carboxylic acids is 1. The molecule has 2 aromatic heterocycles. The topological polar surface area (TPSA) is 92.3 Å². The van der Waals surface area contributed by atoms with E-state index in [1.54, 1.807) is 24.4 Å². The molecule has 7 nitrogen and oxygen atoms in total. The monoisotopic (exact) mass is 466 g/mol. The minimum atomic E-state index is -3.95. The van der Waals surface area contributed by atoms with Crippen molar-refractivity contribution in [2.45, 2.75) is 25.3 Å². The number of nitrogens with zero attached hydrogens (tertiary/aromatic N) is 3. The van der Waals surface area contributed by atoms with Crippen molar-refractivity contribution in [1.82, 2.24) is 14.3 Å². The van der Waals surface area contributed by atoms with Gasteiger partial charge < -0.3 is 5.32 Å². The molecule has 0 fully saturated rings. The van der Waals surface area contributed by atoms with Crippen LogP contribution in [0.15, 0.2) is 71.8 Å². The SMILES string of the molecule is Cc1ccnc(NC(=O)CN(Cc2ccccc2)S(=O)(=O)c2ccc3nc(C)sc3c2)c1. The number of hydrogen-bond donors (Lipinski definition) is 1. The number of benzene rings is 2. The molecule has 0 atom stereocenters. The van der Waals surface area contributed by atoms with Crippen LogP contribution in [0.1, 0.15) is 16.1 Å². The van der Waals surface area contributed by atoms with Gasteiger partial charge in [0.05, 0.1) is 26.7 Å². The Bertz CT molecular complexity index is 1370. The molecule has 1 amide bonds. The maximum Gasteiger partial charge on any atom is 0.243 e. The van der Waals surface area contributed by atoms with Gasteiger partial charge in [0.2, 0.25) is 15.9 Å². The van der Waals surface area contributed by atoms with Crippen LogP contribution in [0.3, 0.4) is 0 Å². The molecule has 2 aromatic carbocycles. The van der Waals surface area contributed by atoms with Crippen molar-refractivity contribution < 1.29 is 13.2 Å². The fourth-order valence-corrected chi connectivity index (χ4v) is 5.64. The summed E-state index contributed by atoms with van der Waals surface area (Å²) >= 11 is 1.43. The minimum absolute atomic E-state index is 0.0671. The number of sulfonamides is 1. The summed E-state index contributed by atoms with van der Waals surface area (Å²) in [5.74, 6) is -0.0778. The number of nitrogens with one attached hydrogen (secondary N) is 1. The standard InChI is InChI=1S/C23H22N4O3S2/c1-16-10-11-24-22(12-16)26-23(28)15-27(14-18-6-4-3-5-7-18)32(29,30)19-8-9-20-21(13-19)31-17(2)25-20/h3-13H,14-15H2,1-2H3,(H,24,26,28). The lowest BCUT2D eigenvalue weighted by atomic mass is 10.2. The minimum Gasteiger partial charge on any atom is -0.310 e. The summed E-state index contributed by atoms with van der Waals surface area (Å²) in [4.78, 5) is 21.4. The quantitative estimate of drug-likeness (QED) is 0.442. The van der Waals surface area contributed by atoms with Crippen LogP contribution in [0.4, 0.5) is 5.82 Å². The predicted molar refractivity (Wildman–Crippen MR) is 126 cm³/mol. The number of pyridine rings is 1. The third-order valence-corrected chi connectivity index (χ3v) is 7.53. The van der Waals surface area contributed by atoms with Gasteiger partial charge in [-0.05, 0) is 55.3 Å². The Kier molecular flexibility index (Phi) is 6.31. The normalized spacial score (nSPS) is 11.7. The highest BCUT2D eigenvalue weighted by Crippen LogP contribution is 2.27. The number of amides is 1. The molecule has 0 radical (unpaired) electrons. The molecule has 0 saturated heterocycles. The molecule has 0 spiro atoms. The molecule has 0 aliphatic rings. The lowest BCUT2D eigenvalue weighted by molar-refractivity contribution is -0.116. The van der Waals surface area contributed by atoms with Gasteiger partial charge in [-0.1, -0.05) is 30.3 Å². The number of rotatable bonds is 7. The molecule has 0 aliphatic carbocycles. The number of carbonyl (C=O) groups is 1. The van der Waals surface area contributed by atoms with Crippen LogP contribution in [-0.2, 0) is 21.4 Å². The van der Waals surface area contributed by atoms with Crippen LogP contribution in [0.25, 0.3) is 10.2 Å². The molecule has 0 unspecified atom stereocenters. The van der Waals surface area contributed by atoms with Crippen molar-refractivity contribution in [1.29, 1.82) is 0 Å². The highest BCUT2D eigenvalue weighted by Gasteiger charge is 2.27. The highest BCUT2D eigenvalue weighted by molar-refractivity contribution is 7.89. The molecule has 0 saturated carbocycles. The van der Waals surface area contributed by atoms with E-state index in [0.29, 0.717) is 5.82 Å². The van der Waals surface area contributed by atoms with Gasteiger partial charge in [0.15, 0.2) is 0 Å². The second-order valence-corrected chi connectivity index (χ2v) is 10.6. The van der Waals surface area contributed by atoms with Gasteiger partial charge in [-0.25, -0.2) is 18.4 Å². The molecule has 2 heterocycles. The summed E-state index contributed by atoms with van der Waals surface area (Å²) < 4.78 is 29.1. The average Bonchev–Trinajstić information content (AvgIpc) is 3.13. The van der Waals surface area contributed by atoms with Crippen molar-refractivity contribution >= 4 is 43.3 Å².